The van der Waals surface area contributed by atoms with Gasteiger partial charge in [-0.25, -0.2) is 0 Å². The quantitative estimate of drug-likeness (QED) is 0.677. The van der Waals surface area contributed by atoms with Crippen LogP contribution < -0.4 is 10.2 Å². The van der Waals surface area contributed by atoms with Crippen LogP contribution in [0.4, 0.5) is 9.57 Å². The molecule has 0 amide bonds. The number of thiophene rings is 1. The van der Waals surface area contributed by atoms with Crippen molar-refractivity contribution >= 4 is 29.2 Å². The molecule has 1 aromatic heterocycles. The van der Waals surface area contributed by atoms with Crippen molar-refractivity contribution in [2.75, 3.05) is 18.0 Å². The largest absolute Gasteiger partial charge is 0.390 e. The van der Waals surface area contributed by atoms with Crippen LogP contribution in [0.3, 0.4) is 0 Å². The molecular weight excluding hydrogens is 315 g/mol. The summed E-state index contributed by atoms with van der Waals surface area (Å²) in [6, 6.07) is 10.2. The highest BCUT2D eigenvalue weighted by atomic mass is 32.2. The van der Waals surface area contributed by atoms with Crippen molar-refractivity contribution < 1.29 is 3.89 Å². The molecule has 1 heterocycles. The van der Waals surface area contributed by atoms with Crippen LogP contribution in [0, 0.1) is 13.8 Å². The Hall–Kier alpha value is -1.46. The molecule has 0 spiro atoms. The molecule has 0 unspecified atom stereocenters. The van der Waals surface area contributed by atoms with Gasteiger partial charge < -0.3 is 10.2 Å². The van der Waals surface area contributed by atoms with Gasteiger partial charge in [-0.1, -0.05) is 24.8 Å². The molecule has 5 heteroatoms. The number of nitrogens with one attached hydrogen (secondary N) is 1. The van der Waals surface area contributed by atoms with Gasteiger partial charge in [-0.2, -0.15) is 3.89 Å². The highest BCUT2D eigenvalue weighted by Crippen LogP contribution is 2.37. The lowest BCUT2D eigenvalue weighted by atomic mass is 10.2. The number of aryl methyl sites for hydroxylation is 2. The molecule has 1 aromatic carbocycles. The maximum absolute atomic E-state index is 13.3. The van der Waals surface area contributed by atoms with Crippen LogP contribution in [0.2, 0.25) is 0 Å². The minimum absolute atomic E-state index is 0.360. The van der Waals surface area contributed by atoms with Gasteiger partial charge >= 0.3 is 0 Å². The van der Waals surface area contributed by atoms with Crippen molar-refractivity contribution in [2.45, 2.75) is 25.3 Å². The Balaban J connectivity index is 2.24. The van der Waals surface area contributed by atoms with Gasteiger partial charge in [-0.05, 0) is 32.2 Å². The summed E-state index contributed by atoms with van der Waals surface area (Å²) in [5, 5.41) is 3.13. The average molecular weight is 337 g/mol. The lowest BCUT2D eigenvalue weighted by molar-refractivity contribution is 0.735. The number of anilines is 1. The lowest BCUT2D eigenvalue weighted by Gasteiger charge is -2.25. The van der Waals surface area contributed by atoms with Crippen LogP contribution in [0.1, 0.15) is 15.3 Å². The molecule has 0 saturated heterocycles. The van der Waals surface area contributed by atoms with Crippen molar-refractivity contribution in [3.8, 4) is 0 Å². The maximum Gasteiger partial charge on any atom is 0.0827 e. The Morgan fingerprint density at radius 1 is 1.27 bits per heavy atom. The Morgan fingerprint density at radius 2 is 2.00 bits per heavy atom. The number of benzene rings is 1. The summed E-state index contributed by atoms with van der Waals surface area (Å²) in [5.74, 6) is 0. The third-order valence-electron chi connectivity index (χ3n) is 3.54. The molecule has 0 bridgehead atoms. The predicted molar refractivity (Wildman–Crippen MR) is 96.4 cm³/mol. The molecule has 118 valence electrons. The van der Waals surface area contributed by atoms with Crippen LogP contribution in [0.5, 0.6) is 0 Å². The first-order valence-electron chi connectivity index (χ1n) is 7.19. The second-order valence-electron chi connectivity index (χ2n) is 5.01. The van der Waals surface area contributed by atoms with Gasteiger partial charge in [0.2, 0.25) is 0 Å². The van der Waals surface area contributed by atoms with E-state index in [0.717, 1.165) is 34.1 Å². The molecule has 0 atom stereocenters. The summed E-state index contributed by atoms with van der Waals surface area (Å²) in [4.78, 5) is 5.29. The Morgan fingerprint density at radius 3 is 2.64 bits per heavy atom. The van der Waals surface area contributed by atoms with Gasteiger partial charge in [0.15, 0.2) is 0 Å². The van der Waals surface area contributed by atoms with Gasteiger partial charge in [-0.15, -0.1) is 11.3 Å². The zero-order valence-electron chi connectivity index (χ0n) is 12.9. The molecule has 2 rings (SSSR count). The van der Waals surface area contributed by atoms with Gasteiger partial charge in [0.25, 0.3) is 0 Å². The molecule has 0 aliphatic rings. The summed E-state index contributed by atoms with van der Waals surface area (Å²) < 4.78 is 13.3. The monoisotopic (exact) mass is 336 g/mol. The Labute approximate surface area is 140 Å². The van der Waals surface area contributed by atoms with E-state index >= 15 is 0 Å². The molecule has 0 fully saturated rings. The molecule has 22 heavy (non-hydrogen) atoms. The summed E-state index contributed by atoms with van der Waals surface area (Å²) in [6.07, 6.45) is 1.70. The highest BCUT2D eigenvalue weighted by molar-refractivity contribution is 7.94. The summed E-state index contributed by atoms with van der Waals surface area (Å²) >= 11 is 2.03. The fourth-order valence-electron chi connectivity index (χ4n) is 2.42. The number of para-hydroxylation sites is 1. The number of nitrogens with zero attached hydrogens (tertiary/aromatic N) is 1. The first kappa shape index (κ1) is 16.9. The second-order valence-corrected chi connectivity index (χ2v) is 7.01. The molecular formula is C17H21FN2S2. The van der Waals surface area contributed by atoms with E-state index in [0.29, 0.717) is 18.7 Å². The summed E-state index contributed by atoms with van der Waals surface area (Å²) in [7, 11) is 0. The van der Waals surface area contributed by atoms with E-state index in [1.165, 1.54) is 4.88 Å². The van der Waals surface area contributed by atoms with Gasteiger partial charge in [0.1, 0.15) is 0 Å². The van der Waals surface area contributed by atoms with E-state index in [1.807, 2.05) is 25.1 Å². The molecule has 2 aromatic rings. The fourth-order valence-corrected chi connectivity index (χ4v) is 4.09. The SMILES string of the molecule is C=CNCCN(Cc1c(C)sc(C)c1SF)c1ccccc1. The van der Waals surface area contributed by atoms with Gasteiger partial charge in [-0.3, -0.25) is 0 Å². The van der Waals surface area contributed by atoms with E-state index in [4.69, 9.17) is 0 Å². The number of hydrogen-bond donors (Lipinski definition) is 1. The normalized spacial score (nSPS) is 10.5. The third-order valence-corrected chi connectivity index (χ3v) is 5.44. The Kier molecular flexibility index (Phi) is 6.34. The van der Waals surface area contributed by atoms with E-state index in [-0.39, 0.29) is 0 Å². The topological polar surface area (TPSA) is 15.3 Å². The van der Waals surface area contributed by atoms with Crippen LogP contribution in [-0.2, 0) is 6.54 Å². The number of hydrogen-bond acceptors (Lipinski definition) is 4. The first-order chi connectivity index (χ1) is 10.7. The number of halogens is 1. The van der Waals surface area contributed by atoms with Crippen molar-refractivity contribution in [1.82, 2.24) is 5.32 Å². The zero-order valence-corrected chi connectivity index (χ0v) is 14.6. The highest BCUT2D eigenvalue weighted by Gasteiger charge is 2.17. The van der Waals surface area contributed by atoms with Crippen molar-refractivity contribution in [3.63, 3.8) is 0 Å². The molecule has 0 saturated carbocycles. The molecule has 2 nitrogen and oxygen atoms in total. The summed E-state index contributed by atoms with van der Waals surface area (Å²) in [6.45, 7) is 10.1. The smallest absolute Gasteiger partial charge is 0.0827 e. The van der Waals surface area contributed by atoms with Crippen LogP contribution in [0.15, 0.2) is 48.0 Å². The maximum atomic E-state index is 13.3. The van der Waals surface area contributed by atoms with Gasteiger partial charge in [0, 0.05) is 40.6 Å². The lowest BCUT2D eigenvalue weighted by Crippen LogP contribution is -2.30. The Bertz CT molecular complexity index is 611. The van der Waals surface area contributed by atoms with E-state index in [2.05, 4.69) is 35.9 Å². The summed E-state index contributed by atoms with van der Waals surface area (Å²) in [5.41, 5.74) is 2.24. The van der Waals surface area contributed by atoms with Crippen molar-refractivity contribution in [1.29, 1.82) is 0 Å². The van der Waals surface area contributed by atoms with E-state index in [1.54, 1.807) is 17.5 Å². The minimum atomic E-state index is 0.360. The molecule has 0 radical (unpaired) electrons. The van der Waals surface area contributed by atoms with Crippen LogP contribution in [-0.4, -0.2) is 13.1 Å². The van der Waals surface area contributed by atoms with E-state index < -0.39 is 0 Å². The predicted octanol–water partition coefficient (Wildman–Crippen LogP) is 5.08. The third kappa shape index (κ3) is 4.05. The average Bonchev–Trinajstić information content (AvgIpc) is 2.80. The van der Waals surface area contributed by atoms with Crippen LogP contribution >= 0.6 is 23.5 Å². The van der Waals surface area contributed by atoms with E-state index in [9.17, 15) is 3.89 Å². The minimum Gasteiger partial charge on any atom is -0.390 e. The van der Waals surface area contributed by atoms with Gasteiger partial charge in [0.05, 0.1) is 17.0 Å². The number of rotatable bonds is 8. The fraction of sp³-hybridized carbons (Fsp3) is 0.294. The van der Waals surface area contributed by atoms with Crippen LogP contribution in [0.25, 0.3) is 0 Å². The molecule has 1 N–H and O–H groups in total. The standard InChI is InChI=1S/C17H21FN2S2/c1-4-19-10-11-20(15-8-6-5-7-9-15)12-16-13(2)21-14(3)17(16)22-18/h4-9,19H,1,10-12H2,2-3H3. The molecule has 0 aliphatic carbocycles. The zero-order chi connectivity index (χ0) is 15.9. The van der Waals surface area contributed by atoms with Crippen molar-refractivity contribution in [3.05, 3.63) is 58.4 Å². The first-order valence-corrected chi connectivity index (χ1v) is 8.72. The van der Waals surface area contributed by atoms with Crippen molar-refractivity contribution in [2.24, 2.45) is 0 Å². The second kappa shape index (κ2) is 8.25. The molecule has 0 aliphatic heterocycles.